The molecule has 0 bridgehead atoms. The van der Waals surface area contributed by atoms with Gasteiger partial charge in [-0.05, 0) is 12.1 Å². The Hall–Kier alpha value is -1.97. The Morgan fingerprint density at radius 3 is 3.00 bits per heavy atom. The van der Waals surface area contributed by atoms with Crippen molar-refractivity contribution in [2.75, 3.05) is 0 Å². The van der Waals surface area contributed by atoms with Crippen LogP contribution in [0.15, 0.2) is 36.9 Å². The lowest BCUT2D eigenvalue weighted by molar-refractivity contribution is 0.111. The molecule has 2 aromatic rings. The zero-order chi connectivity index (χ0) is 9.10. The van der Waals surface area contributed by atoms with Crippen molar-refractivity contribution in [2.24, 2.45) is 0 Å². The van der Waals surface area contributed by atoms with Gasteiger partial charge < -0.3 is 0 Å². The number of rotatable bonds is 2. The van der Waals surface area contributed by atoms with Gasteiger partial charge in [0.15, 0.2) is 12.1 Å². The molecule has 2 aromatic heterocycles. The number of carbonyl (C=O) groups is 1. The van der Waals surface area contributed by atoms with Gasteiger partial charge in [-0.15, -0.1) is 0 Å². The molecular formula is C9H7N3O. The molecule has 0 amide bonds. The third-order valence-electron chi connectivity index (χ3n) is 1.70. The zero-order valence-electron chi connectivity index (χ0n) is 6.79. The third kappa shape index (κ3) is 1.33. The van der Waals surface area contributed by atoms with Crippen molar-refractivity contribution < 1.29 is 4.79 Å². The molecule has 0 saturated carbocycles. The second-order valence-electron chi connectivity index (χ2n) is 2.48. The smallest absolute Gasteiger partial charge is 0.166 e. The summed E-state index contributed by atoms with van der Waals surface area (Å²) in [5, 5.41) is 0. The van der Waals surface area contributed by atoms with Gasteiger partial charge in [-0.25, -0.2) is 4.98 Å². The number of aromatic nitrogens is 3. The van der Waals surface area contributed by atoms with E-state index in [1.807, 2.05) is 0 Å². The van der Waals surface area contributed by atoms with Gasteiger partial charge in [-0.1, -0.05) is 0 Å². The van der Waals surface area contributed by atoms with Crippen LogP contribution in [0.3, 0.4) is 0 Å². The van der Waals surface area contributed by atoms with Gasteiger partial charge in [0, 0.05) is 18.6 Å². The quantitative estimate of drug-likeness (QED) is 0.638. The second-order valence-corrected chi connectivity index (χ2v) is 2.48. The van der Waals surface area contributed by atoms with E-state index in [1.165, 1.54) is 0 Å². The standard InChI is InChI=1S/C9H7N3O/c13-7-8-2-1-5-12(8)9-6-10-3-4-11-9/h1-7H. The van der Waals surface area contributed by atoms with E-state index in [1.54, 1.807) is 41.5 Å². The van der Waals surface area contributed by atoms with Crippen LogP contribution in [-0.2, 0) is 0 Å². The molecule has 0 aliphatic rings. The molecular weight excluding hydrogens is 166 g/mol. The molecule has 0 fully saturated rings. The first kappa shape index (κ1) is 7.67. The van der Waals surface area contributed by atoms with Crippen molar-refractivity contribution >= 4 is 6.29 Å². The first-order chi connectivity index (χ1) is 6.42. The van der Waals surface area contributed by atoms with Crippen LogP contribution >= 0.6 is 0 Å². The van der Waals surface area contributed by atoms with Crippen LogP contribution in [0.2, 0.25) is 0 Å². The summed E-state index contributed by atoms with van der Waals surface area (Å²) in [6.45, 7) is 0. The summed E-state index contributed by atoms with van der Waals surface area (Å²) in [6, 6.07) is 3.51. The fraction of sp³-hybridized carbons (Fsp3) is 0. The SMILES string of the molecule is O=Cc1cccn1-c1cnccn1. The van der Waals surface area contributed by atoms with Crippen LogP contribution in [-0.4, -0.2) is 20.8 Å². The minimum Gasteiger partial charge on any atom is -0.297 e. The molecule has 0 unspecified atom stereocenters. The van der Waals surface area contributed by atoms with Gasteiger partial charge in [0.1, 0.15) is 0 Å². The fourth-order valence-corrected chi connectivity index (χ4v) is 1.11. The predicted molar refractivity (Wildman–Crippen MR) is 46.7 cm³/mol. The van der Waals surface area contributed by atoms with Crippen molar-refractivity contribution in [3.05, 3.63) is 42.6 Å². The van der Waals surface area contributed by atoms with E-state index in [2.05, 4.69) is 9.97 Å². The van der Waals surface area contributed by atoms with Gasteiger partial charge in [0.05, 0.1) is 11.9 Å². The number of hydrogen-bond donors (Lipinski definition) is 0. The number of carbonyl (C=O) groups excluding carboxylic acids is 1. The Bertz CT molecular complexity index is 408. The highest BCUT2D eigenvalue weighted by atomic mass is 16.1. The molecule has 0 aliphatic heterocycles. The highest BCUT2D eigenvalue weighted by Crippen LogP contribution is 2.06. The van der Waals surface area contributed by atoms with E-state index in [0.29, 0.717) is 11.5 Å². The molecule has 0 N–H and O–H groups in total. The topological polar surface area (TPSA) is 47.8 Å². The molecule has 0 saturated heterocycles. The molecule has 0 aromatic carbocycles. The largest absolute Gasteiger partial charge is 0.297 e. The Morgan fingerprint density at radius 1 is 1.38 bits per heavy atom. The van der Waals surface area contributed by atoms with E-state index in [4.69, 9.17) is 0 Å². The minimum atomic E-state index is 0.570. The molecule has 64 valence electrons. The van der Waals surface area contributed by atoms with E-state index in [9.17, 15) is 4.79 Å². The van der Waals surface area contributed by atoms with Crippen molar-refractivity contribution in [1.29, 1.82) is 0 Å². The Kier molecular flexibility index (Phi) is 1.88. The number of nitrogens with zero attached hydrogens (tertiary/aromatic N) is 3. The van der Waals surface area contributed by atoms with E-state index in [-0.39, 0.29) is 0 Å². The Morgan fingerprint density at radius 2 is 2.31 bits per heavy atom. The fourth-order valence-electron chi connectivity index (χ4n) is 1.11. The van der Waals surface area contributed by atoms with Crippen LogP contribution < -0.4 is 0 Å². The second kappa shape index (κ2) is 3.18. The van der Waals surface area contributed by atoms with Crippen LogP contribution in [0.25, 0.3) is 5.82 Å². The minimum absolute atomic E-state index is 0.570. The summed E-state index contributed by atoms with van der Waals surface area (Å²) in [4.78, 5) is 18.6. The summed E-state index contributed by atoms with van der Waals surface area (Å²) >= 11 is 0. The van der Waals surface area contributed by atoms with Crippen LogP contribution in [0, 0.1) is 0 Å². The molecule has 2 rings (SSSR count). The lowest BCUT2D eigenvalue weighted by atomic mass is 10.5. The molecule has 0 atom stereocenters. The summed E-state index contributed by atoms with van der Waals surface area (Å²) in [7, 11) is 0. The van der Waals surface area contributed by atoms with E-state index < -0.39 is 0 Å². The first-order valence-electron chi connectivity index (χ1n) is 3.81. The monoisotopic (exact) mass is 173 g/mol. The first-order valence-corrected chi connectivity index (χ1v) is 3.81. The maximum absolute atomic E-state index is 10.6. The summed E-state index contributed by atoms with van der Waals surface area (Å²) in [5.74, 6) is 0.648. The van der Waals surface area contributed by atoms with Gasteiger partial charge in [0.25, 0.3) is 0 Å². The average molecular weight is 173 g/mol. The highest BCUT2D eigenvalue weighted by molar-refractivity contribution is 5.73. The molecule has 13 heavy (non-hydrogen) atoms. The van der Waals surface area contributed by atoms with Gasteiger partial charge in [-0.2, -0.15) is 0 Å². The van der Waals surface area contributed by atoms with Crippen LogP contribution in [0.5, 0.6) is 0 Å². The van der Waals surface area contributed by atoms with Gasteiger partial charge in [0.2, 0.25) is 0 Å². The Balaban J connectivity index is 2.52. The third-order valence-corrected chi connectivity index (χ3v) is 1.70. The van der Waals surface area contributed by atoms with E-state index >= 15 is 0 Å². The molecule has 4 heteroatoms. The lowest BCUT2D eigenvalue weighted by Gasteiger charge is -2.01. The Labute approximate surface area is 74.9 Å². The summed E-state index contributed by atoms with van der Waals surface area (Å²) in [6.07, 6.45) is 7.34. The highest BCUT2D eigenvalue weighted by Gasteiger charge is 2.01. The summed E-state index contributed by atoms with van der Waals surface area (Å²) < 4.78 is 1.68. The molecule has 0 spiro atoms. The normalized spacial score (nSPS) is 9.85. The summed E-state index contributed by atoms with van der Waals surface area (Å²) in [5.41, 5.74) is 0.570. The maximum atomic E-state index is 10.6. The number of aldehydes is 1. The van der Waals surface area contributed by atoms with Crippen molar-refractivity contribution in [3.8, 4) is 5.82 Å². The van der Waals surface area contributed by atoms with Crippen LogP contribution in [0.1, 0.15) is 10.5 Å². The predicted octanol–water partition coefficient (Wildman–Crippen LogP) is 1.08. The van der Waals surface area contributed by atoms with Gasteiger partial charge >= 0.3 is 0 Å². The molecule has 0 radical (unpaired) electrons. The maximum Gasteiger partial charge on any atom is 0.166 e. The van der Waals surface area contributed by atoms with Gasteiger partial charge in [-0.3, -0.25) is 14.3 Å². The molecule has 2 heterocycles. The van der Waals surface area contributed by atoms with Crippen LogP contribution in [0.4, 0.5) is 0 Å². The molecule has 0 aliphatic carbocycles. The van der Waals surface area contributed by atoms with Crippen molar-refractivity contribution in [3.63, 3.8) is 0 Å². The van der Waals surface area contributed by atoms with Crippen molar-refractivity contribution in [2.45, 2.75) is 0 Å². The number of hydrogen-bond acceptors (Lipinski definition) is 3. The lowest BCUT2D eigenvalue weighted by Crippen LogP contribution is -1.99. The molecule has 4 nitrogen and oxygen atoms in total. The average Bonchev–Trinajstić information content (AvgIpc) is 2.67. The van der Waals surface area contributed by atoms with E-state index in [0.717, 1.165) is 6.29 Å². The van der Waals surface area contributed by atoms with Crippen molar-refractivity contribution in [1.82, 2.24) is 14.5 Å². The zero-order valence-corrected chi connectivity index (χ0v) is 6.79.